The van der Waals surface area contributed by atoms with Crippen LogP contribution in [0.15, 0.2) is 24.3 Å². The summed E-state index contributed by atoms with van der Waals surface area (Å²) in [6, 6.07) is 6.71. The number of rotatable bonds is 7. The SMILES string of the molecule is CCCCN(CCC(=O)OC)C(=O)Nc1cccc(Cl)c1. The first-order valence-corrected chi connectivity index (χ1v) is 7.33. The number of halogens is 1. The van der Waals surface area contributed by atoms with Gasteiger partial charge in [0.15, 0.2) is 0 Å². The number of ether oxygens (including phenoxy) is 1. The van der Waals surface area contributed by atoms with Gasteiger partial charge in [0.2, 0.25) is 0 Å². The highest BCUT2D eigenvalue weighted by molar-refractivity contribution is 6.30. The van der Waals surface area contributed by atoms with Crippen molar-refractivity contribution in [3.63, 3.8) is 0 Å². The van der Waals surface area contributed by atoms with E-state index in [9.17, 15) is 9.59 Å². The lowest BCUT2D eigenvalue weighted by Crippen LogP contribution is -2.37. The summed E-state index contributed by atoms with van der Waals surface area (Å²) in [5, 5.41) is 3.34. The largest absolute Gasteiger partial charge is 0.469 e. The van der Waals surface area contributed by atoms with Crippen molar-refractivity contribution in [1.82, 2.24) is 4.90 Å². The van der Waals surface area contributed by atoms with E-state index in [2.05, 4.69) is 10.1 Å². The van der Waals surface area contributed by atoms with Crippen molar-refractivity contribution in [2.75, 3.05) is 25.5 Å². The van der Waals surface area contributed by atoms with Crippen LogP contribution in [0.5, 0.6) is 0 Å². The summed E-state index contributed by atoms with van der Waals surface area (Å²) >= 11 is 5.89. The summed E-state index contributed by atoms with van der Waals surface area (Å²) < 4.78 is 4.60. The van der Waals surface area contributed by atoms with Crippen molar-refractivity contribution in [3.05, 3.63) is 29.3 Å². The zero-order valence-corrected chi connectivity index (χ0v) is 13.2. The second-order valence-corrected chi connectivity index (χ2v) is 5.04. The van der Waals surface area contributed by atoms with Gasteiger partial charge in [0.1, 0.15) is 0 Å². The number of carbonyl (C=O) groups is 2. The maximum atomic E-state index is 12.3. The summed E-state index contributed by atoms with van der Waals surface area (Å²) in [6.45, 7) is 2.98. The molecule has 0 bridgehead atoms. The molecule has 0 aromatic heterocycles. The Labute approximate surface area is 130 Å². The molecule has 1 aromatic rings. The second kappa shape index (κ2) is 9.23. The van der Waals surface area contributed by atoms with E-state index in [1.165, 1.54) is 7.11 Å². The van der Waals surface area contributed by atoms with Gasteiger partial charge in [-0.05, 0) is 24.6 Å². The predicted octanol–water partition coefficient (Wildman–Crippen LogP) is 3.54. The summed E-state index contributed by atoms with van der Waals surface area (Å²) in [4.78, 5) is 25.1. The minimum absolute atomic E-state index is 0.184. The Balaban J connectivity index is 2.63. The zero-order valence-electron chi connectivity index (χ0n) is 12.4. The molecule has 0 unspecified atom stereocenters. The molecule has 0 atom stereocenters. The molecule has 0 saturated carbocycles. The van der Waals surface area contributed by atoms with Gasteiger partial charge >= 0.3 is 12.0 Å². The number of amides is 2. The molecule has 1 aromatic carbocycles. The fourth-order valence-electron chi connectivity index (χ4n) is 1.76. The average Bonchev–Trinajstić information content (AvgIpc) is 2.46. The zero-order chi connectivity index (χ0) is 15.7. The highest BCUT2D eigenvalue weighted by Crippen LogP contribution is 2.15. The van der Waals surface area contributed by atoms with Crippen LogP contribution in [0.2, 0.25) is 5.02 Å². The van der Waals surface area contributed by atoms with E-state index in [0.717, 1.165) is 12.8 Å². The van der Waals surface area contributed by atoms with Gasteiger partial charge in [-0.2, -0.15) is 0 Å². The molecule has 0 saturated heterocycles. The van der Waals surface area contributed by atoms with Crippen LogP contribution in [0, 0.1) is 0 Å². The summed E-state index contributed by atoms with van der Waals surface area (Å²) in [5.41, 5.74) is 0.632. The van der Waals surface area contributed by atoms with Crippen molar-refractivity contribution in [2.45, 2.75) is 26.2 Å². The van der Waals surface area contributed by atoms with Crippen LogP contribution in [0.25, 0.3) is 0 Å². The van der Waals surface area contributed by atoms with E-state index < -0.39 is 0 Å². The van der Waals surface area contributed by atoms with Gasteiger partial charge in [0.25, 0.3) is 0 Å². The van der Waals surface area contributed by atoms with Gasteiger partial charge in [-0.25, -0.2) is 4.79 Å². The van der Waals surface area contributed by atoms with Crippen LogP contribution < -0.4 is 5.32 Å². The Morgan fingerprint density at radius 2 is 2.10 bits per heavy atom. The third-order valence-electron chi connectivity index (χ3n) is 2.96. The number of unbranched alkanes of at least 4 members (excludes halogenated alkanes) is 1. The summed E-state index contributed by atoms with van der Waals surface area (Å²) in [7, 11) is 1.34. The van der Waals surface area contributed by atoms with Crippen LogP contribution >= 0.6 is 11.6 Å². The molecule has 0 aliphatic heterocycles. The monoisotopic (exact) mass is 312 g/mol. The predicted molar refractivity (Wildman–Crippen MR) is 83.6 cm³/mol. The molecular weight excluding hydrogens is 292 g/mol. The van der Waals surface area contributed by atoms with E-state index >= 15 is 0 Å². The normalized spacial score (nSPS) is 10.0. The van der Waals surface area contributed by atoms with Gasteiger partial charge in [0.05, 0.1) is 13.5 Å². The molecule has 5 nitrogen and oxygen atoms in total. The van der Waals surface area contributed by atoms with Gasteiger partial charge < -0.3 is 15.0 Å². The molecule has 0 spiro atoms. The Kier molecular flexibility index (Phi) is 7.61. The van der Waals surface area contributed by atoms with Crippen molar-refractivity contribution in [3.8, 4) is 0 Å². The number of urea groups is 1. The van der Waals surface area contributed by atoms with Crippen molar-refractivity contribution < 1.29 is 14.3 Å². The van der Waals surface area contributed by atoms with Crippen LogP contribution in [-0.2, 0) is 9.53 Å². The second-order valence-electron chi connectivity index (χ2n) is 4.61. The third kappa shape index (κ3) is 6.49. The van der Waals surface area contributed by atoms with Crippen molar-refractivity contribution in [2.24, 2.45) is 0 Å². The Morgan fingerprint density at radius 1 is 1.33 bits per heavy atom. The number of carbonyl (C=O) groups excluding carboxylic acids is 2. The first-order valence-electron chi connectivity index (χ1n) is 6.95. The number of methoxy groups -OCH3 is 1. The van der Waals surface area contributed by atoms with E-state index in [1.54, 1.807) is 29.2 Å². The van der Waals surface area contributed by atoms with Crippen LogP contribution in [-0.4, -0.2) is 37.1 Å². The van der Waals surface area contributed by atoms with E-state index in [-0.39, 0.29) is 18.4 Å². The average molecular weight is 313 g/mol. The standard InChI is InChI=1S/C15H21ClN2O3/c1-3-4-9-18(10-8-14(19)21-2)15(20)17-13-7-5-6-12(16)11-13/h5-7,11H,3-4,8-10H2,1-2H3,(H,17,20). The van der Waals surface area contributed by atoms with Crippen LogP contribution in [0.4, 0.5) is 10.5 Å². The minimum atomic E-state index is -0.327. The molecule has 116 valence electrons. The van der Waals surface area contributed by atoms with Crippen LogP contribution in [0.1, 0.15) is 26.2 Å². The molecule has 1 N–H and O–H groups in total. The number of hydrogen-bond acceptors (Lipinski definition) is 3. The molecule has 6 heteroatoms. The molecule has 0 heterocycles. The Hall–Kier alpha value is -1.75. The van der Waals surface area contributed by atoms with E-state index in [1.807, 2.05) is 6.92 Å². The Bertz CT molecular complexity index is 480. The molecule has 2 amide bonds. The van der Waals surface area contributed by atoms with Crippen LogP contribution in [0.3, 0.4) is 0 Å². The highest BCUT2D eigenvalue weighted by Gasteiger charge is 2.15. The lowest BCUT2D eigenvalue weighted by Gasteiger charge is -2.22. The van der Waals surface area contributed by atoms with Crippen molar-refractivity contribution >= 4 is 29.3 Å². The summed E-state index contributed by atoms with van der Waals surface area (Å²) in [6.07, 6.45) is 2.03. The molecule has 21 heavy (non-hydrogen) atoms. The lowest BCUT2D eigenvalue weighted by molar-refractivity contribution is -0.140. The number of hydrogen-bond donors (Lipinski definition) is 1. The van der Waals surface area contributed by atoms with Gasteiger partial charge in [0, 0.05) is 23.8 Å². The quantitative estimate of drug-likeness (QED) is 0.783. The molecule has 0 radical (unpaired) electrons. The molecule has 0 aliphatic rings. The van der Waals surface area contributed by atoms with E-state index in [0.29, 0.717) is 23.8 Å². The van der Waals surface area contributed by atoms with E-state index in [4.69, 9.17) is 11.6 Å². The molecule has 1 rings (SSSR count). The lowest BCUT2D eigenvalue weighted by atomic mass is 10.3. The number of anilines is 1. The fraction of sp³-hybridized carbons (Fsp3) is 0.467. The third-order valence-corrected chi connectivity index (χ3v) is 3.19. The van der Waals surface area contributed by atoms with Gasteiger partial charge in [-0.3, -0.25) is 4.79 Å². The van der Waals surface area contributed by atoms with Gasteiger partial charge in [-0.15, -0.1) is 0 Å². The maximum Gasteiger partial charge on any atom is 0.321 e. The first kappa shape index (κ1) is 17.3. The molecular formula is C15H21ClN2O3. The highest BCUT2D eigenvalue weighted by atomic mass is 35.5. The Morgan fingerprint density at radius 3 is 2.71 bits per heavy atom. The van der Waals surface area contributed by atoms with Crippen molar-refractivity contribution in [1.29, 1.82) is 0 Å². The number of nitrogens with one attached hydrogen (secondary N) is 1. The molecule has 0 fully saturated rings. The minimum Gasteiger partial charge on any atom is -0.469 e. The summed E-state index contributed by atoms with van der Waals surface area (Å²) in [5.74, 6) is -0.327. The fourth-order valence-corrected chi connectivity index (χ4v) is 1.95. The smallest absolute Gasteiger partial charge is 0.321 e. The number of benzene rings is 1. The first-order chi connectivity index (χ1) is 10.1. The maximum absolute atomic E-state index is 12.3. The number of nitrogens with zero attached hydrogens (tertiary/aromatic N) is 1. The number of esters is 1. The van der Waals surface area contributed by atoms with Gasteiger partial charge in [-0.1, -0.05) is 31.0 Å². The topological polar surface area (TPSA) is 58.6 Å². The molecule has 0 aliphatic carbocycles.